The van der Waals surface area contributed by atoms with Crippen LogP contribution in [0.5, 0.6) is 0 Å². The Hall–Kier alpha value is -0.950. The molecule has 3 atom stereocenters. The Morgan fingerprint density at radius 1 is 1.19 bits per heavy atom. The van der Waals surface area contributed by atoms with Crippen LogP contribution in [0.3, 0.4) is 0 Å². The van der Waals surface area contributed by atoms with Crippen molar-refractivity contribution in [1.82, 2.24) is 0 Å². The lowest BCUT2D eigenvalue weighted by Crippen LogP contribution is -2.41. The molecule has 0 aliphatic rings. The van der Waals surface area contributed by atoms with Crippen molar-refractivity contribution >= 4 is 10.1 Å². The van der Waals surface area contributed by atoms with Gasteiger partial charge in [-0.1, -0.05) is 50.6 Å². The first-order valence-corrected chi connectivity index (χ1v) is 8.33. The molecule has 0 amide bonds. The van der Waals surface area contributed by atoms with Gasteiger partial charge in [0.25, 0.3) is 10.1 Å². The molecule has 0 radical (unpaired) electrons. The number of rotatable bonds is 6. The van der Waals surface area contributed by atoms with Gasteiger partial charge in [-0.25, -0.2) is 0 Å². The molecular formula is C15H24O5S. The molecule has 0 aromatic heterocycles. The fraction of sp³-hybridized carbons (Fsp3) is 0.600. The van der Waals surface area contributed by atoms with Crippen molar-refractivity contribution in [2.45, 2.75) is 39.0 Å². The smallest absolute Gasteiger partial charge is 0.272 e. The zero-order chi connectivity index (χ0) is 16.4. The molecule has 0 aliphatic carbocycles. The highest BCUT2D eigenvalue weighted by atomic mass is 32.2. The van der Waals surface area contributed by atoms with Gasteiger partial charge in [-0.05, 0) is 12.5 Å². The van der Waals surface area contributed by atoms with Crippen molar-refractivity contribution in [1.29, 1.82) is 0 Å². The van der Waals surface area contributed by atoms with Crippen LogP contribution in [-0.2, 0) is 10.1 Å². The van der Waals surface area contributed by atoms with Gasteiger partial charge in [0, 0.05) is 11.3 Å². The molecule has 0 fully saturated rings. The normalized spacial score (nSPS) is 17.3. The summed E-state index contributed by atoms with van der Waals surface area (Å²) in [6, 6.07) is 6.76. The van der Waals surface area contributed by atoms with Gasteiger partial charge in [-0.15, -0.1) is 0 Å². The van der Waals surface area contributed by atoms with E-state index in [1.165, 1.54) is 0 Å². The van der Waals surface area contributed by atoms with Gasteiger partial charge in [0.05, 0.1) is 12.7 Å². The second-order valence-electron chi connectivity index (χ2n) is 6.30. The van der Waals surface area contributed by atoms with Crippen molar-refractivity contribution in [2.24, 2.45) is 11.3 Å². The molecule has 1 rings (SSSR count). The average molecular weight is 316 g/mol. The predicted molar refractivity (Wildman–Crippen MR) is 81.5 cm³/mol. The van der Waals surface area contributed by atoms with Gasteiger partial charge < -0.3 is 10.2 Å². The van der Waals surface area contributed by atoms with Crippen LogP contribution in [0.25, 0.3) is 0 Å². The Balaban J connectivity index is 3.24. The van der Waals surface area contributed by atoms with Gasteiger partial charge in [0.15, 0.2) is 0 Å². The fourth-order valence-corrected chi connectivity index (χ4v) is 3.67. The topological polar surface area (TPSA) is 94.8 Å². The first-order chi connectivity index (χ1) is 9.50. The van der Waals surface area contributed by atoms with Crippen molar-refractivity contribution in [2.75, 3.05) is 6.61 Å². The molecule has 0 bridgehead atoms. The molecule has 1 aromatic carbocycles. The lowest BCUT2D eigenvalue weighted by Gasteiger charge is -2.35. The van der Waals surface area contributed by atoms with E-state index in [-0.39, 0.29) is 6.61 Å². The van der Waals surface area contributed by atoms with Crippen LogP contribution in [-0.4, -0.2) is 35.9 Å². The SMILES string of the molecule is Cc1ccc(C([C@@H](C)[C@H](O)C(C)(C)CO)S(=O)(=O)O)cc1. The Labute approximate surface area is 126 Å². The summed E-state index contributed by atoms with van der Waals surface area (Å²) in [5, 5.41) is 18.5. The number of aliphatic hydroxyl groups excluding tert-OH is 2. The van der Waals surface area contributed by atoms with Gasteiger partial charge in [-0.2, -0.15) is 8.42 Å². The van der Waals surface area contributed by atoms with Gasteiger partial charge >= 0.3 is 0 Å². The molecule has 0 saturated carbocycles. The van der Waals surface area contributed by atoms with Crippen LogP contribution in [0.15, 0.2) is 24.3 Å². The van der Waals surface area contributed by atoms with Crippen LogP contribution in [0.1, 0.15) is 37.1 Å². The maximum Gasteiger partial charge on any atom is 0.272 e. The minimum Gasteiger partial charge on any atom is -0.396 e. The van der Waals surface area contributed by atoms with E-state index < -0.39 is 32.8 Å². The summed E-state index contributed by atoms with van der Waals surface area (Å²) < 4.78 is 33.1. The predicted octanol–water partition coefficient (Wildman–Crippen LogP) is 1.94. The van der Waals surface area contributed by atoms with E-state index in [2.05, 4.69) is 0 Å². The van der Waals surface area contributed by atoms with E-state index in [4.69, 9.17) is 0 Å². The molecule has 0 saturated heterocycles. The molecule has 0 heterocycles. The zero-order valence-corrected chi connectivity index (χ0v) is 13.6. The largest absolute Gasteiger partial charge is 0.396 e. The minimum absolute atomic E-state index is 0.287. The van der Waals surface area contributed by atoms with Gasteiger partial charge in [-0.3, -0.25) is 4.55 Å². The Bertz CT molecular complexity index is 562. The molecule has 120 valence electrons. The Morgan fingerprint density at radius 2 is 1.67 bits per heavy atom. The van der Waals surface area contributed by atoms with E-state index in [1.807, 2.05) is 6.92 Å². The number of hydrogen-bond donors (Lipinski definition) is 3. The van der Waals surface area contributed by atoms with Crippen molar-refractivity contribution in [3.05, 3.63) is 35.4 Å². The third-order valence-electron chi connectivity index (χ3n) is 3.91. The highest BCUT2D eigenvalue weighted by Gasteiger charge is 2.41. The Morgan fingerprint density at radius 3 is 2.05 bits per heavy atom. The van der Waals surface area contributed by atoms with Crippen molar-refractivity contribution in [3.8, 4) is 0 Å². The minimum atomic E-state index is -4.39. The summed E-state index contributed by atoms with van der Waals surface area (Å²) in [6.07, 6.45) is -1.09. The summed E-state index contributed by atoms with van der Waals surface area (Å²) in [5.41, 5.74) is 0.521. The highest BCUT2D eigenvalue weighted by Crippen LogP contribution is 2.37. The number of benzene rings is 1. The van der Waals surface area contributed by atoms with E-state index in [9.17, 15) is 23.2 Å². The first-order valence-electron chi connectivity index (χ1n) is 6.82. The molecule has 0 spiro atoms. The lowest BCUT2D eigenvalue weighted by atomic mass is 9.78. The lowest BCUT2D eigenvalue weighted by molar-refractivity contribution is -0.0268. The molecule has 3 N–H and O–H groups in total. The molecular weight excluding hydrogens is 292 g/mol. The molecule has 6 heteroatoms. The standard InChI is InChI=1S/C15H24O5S/c1-10-5-7-12(8-6-10)13(21(18,19)20)11(2)14(17)15(3,4)9-16/h5-8,11,13-14,16-17H,9H2,1-4H3,(H,18,19,20)/t11-,13?,14+/m1/s1. The zero-order valence-electron chi connectivity index (χ0n) is 12.8. The molecule has 0 aliphatic heterocycles. The summed E-state index contributed by atoms with van der Waals surface area (Å²) in [5.74, 6) is -0.773. The third kappa shape index (κ3) is 4.26. The highest BCUT2D eigenvalue weighted by molar-refractivity contribution is 7.86. The molecule has 1 unspecified atom stereocenters. The van der Waals surface area contributed by atoms with Crippen molar-refractivity contribution < 1.29 is 23.2 Å². The van der Waals surface area contributed by atoms with Crippen molar-refractivity contribution in [3.63, 3.8) is 0 Å². The summed E-state index contributed by atoms with van der Waals surface area (Å²) in [6.45, 7) is 6.43. The van der Waals surface area contributed by atoms with E-state index in [0.29, 0.717) is 5.56 Å². The first kappa shape index (κ1) is 18.1. The van der Waals surface area contributed by atoms with Crippen LogP contribution >= 0.6 is 0 Å². The number of aliphatic hydroxyl groups is 2. The van der Waals surface area contributed by atoms with E-state index >= 15 is 0 Å². The fourth-order valence-electron chi connectivity index (χ4n) is 2.47. The monoisotopic (exact) mass is 316 g/mol. The molecule has 5 nitrogen and oxygen atoms in total. The second-order valence-corrected chi connectivity index (χ2v) is 7.83. The maximum atomic E-state index is 11.8. The average Bonchev–Trinajstić information content (AvgIpc) is 2.38. The maximum absolute atomic E-state index is 11.8. The van der Waals surface area contributed by atoms with Gasteiger partial charge in [0.1, 0.15) is 5.25 Å². The van der Waals surface area contributed by atoms with E-state index in [0.717, 1.165) is 5.56 Å². The Kier molecular flexibility index (Phi) is 5.55. The quantitative estimate of drug-likeness (QED) is 0.697. The van der Waals surface area contributed by atoms with Gasteiger partial charge in [0.2, 0.25) is 0 Å². The molecule has 21 heavy (non-hydrogen) atoms. The molecule has 1 aromatic rings. The van der Waals surface area contributed by atoms with Crippen LogP contribution < -0.4 is 0 Å². The van der Waals surface area contributed by atoms with Crippen LogP contribution in [0, 0.1) is 18.3 Å². The number of aryl methyl sites for hydroxylation is 1. The van der Waals surface area contributed by atoms with E-state index in [1.54, 1.807) is 45.0 Å². The van der Waals surface area contributed by atoms with Crippen LogP contribution in [0.4, 0.5) is 0 Å². The summed E-state index contributed by atoms with van der Waals surface area (Å²) in [4.78, 5) is 0. The summed E-state index contributed by atoms with van der Waals surface area (Å²) in [7, 11) is -4.39. The number of hydrogen-bond acceptors (Lipinski definition) is 4. The third-order valence-corrected chi connectivity index (χ3v) is 5.25. The second kappa shape index (κ2) is 6.44. The summed E-state index contributed by atoms with van der Waals surface area (Å²) >= 11 is 0. The van der Waals surface area contributed by atoms with Crippen LogP contribution in [0.2, 0.25) is 0 Å².